The summed E-state index contributed by atoms with van der Waals surface area (Å²) in [6, 6.07) is 6.38. The lowest BCUT2D eigenvalue weighted by molar-refractivity contribution is 0.779. The van der Waals surface area contributed by atoms with Gasteiger partial charge in [-0.1, -0.05) is 12.1 Å². The van der Waals surface area contributed by atoms with Gasteiger partial charge in [0.25, 0.3) is 0 Å². The number of aryl methyl sites for hydroxylation is 1. The summed E-state index contributed by atoms with van der Waals surface area (Å²) in [5.41, 5.74) is 11.0. The van der Waals surface area contributed by atoms with Crippen LogP contribution in [-0.4, -0.2) is 23.4 Å². The number of aromatic nitrogens is 2. The molecule has 1 aliphatic heterocycles. The molecule has 0 radical (unpaired) electrons. The maximum absolute atomic E-state index is 6.05. The molecule has 0 amide bonds. The Hall–Kier alpha value is -1.97. The van der Waals surface area contributed by atoms with Gasteiger partial charge in [-0.3, -0.25) is 4.68 Å². The molecule has 0 unspecified atom stereocenters. The summed E-state index contributed by atoms with van der Waals surface area (Å²) in [6.45, 7) is 1.08. The Balaban J connectivity index is 2.20. The summed E-state index contributed by atoms with van der Waals surface area (Å²) in [7, 11) is 4.00. The van der Waals surface area contributed by atoms with E-state index in [0.717, 1.165) is 24.3 Å². The predicted molar refractivity (Wildman–Crippen MR) is 70.0 cm³/mol. The van der Waals surface area contributed by atoms with Crippen molar-refractivity contribution < 1.29 is 0 Å². The highest BCUT2D eigenvalue weighted by atomic mass is 15.3. The molecule has 88 valence electrons. The second-order valence-electron chi connectivity index (χ2n) is 4.54. The molecule has 0 saturated carbocycles. The molecular formula is C13H16N4. The number of nitrogen functional groups attached to an aromatic ring is 1. The number of rotatable bonds is 1. The number of hydrogen-bond acceptors (Lipinski definition) is 3. The van der Waals surface area contributed by atoms with E-state index in [2.05, 4.69) is 35.2 Å². The van der Waals surface area contributed by atoms with Crippen LogP contribution in [-0.2, 0) is 13.5 Å². The van der Waals surface area contributed by atoms with Gasteiger partial charge in [0.2, 0.25) is 0 Å². The van der Waals surface area contributed by atoms with Crippen molar-refractivity contribution in [1.82, 2.24) is 9.78 Å². The van der Waals surface area contributed by atoms with Crippen LogP contribution in [0, 0.1) is 0 Å². The molecular weight excluding hydrogens is 212 g/mol. The molecule has 1 aliphatic rings. The maximum Gasteiger partial charge on any atom is 0.129 e. The first-order valence-electron chi connectivity index (χ1n) is 5.79. The van der Waals surface area contributed by atoms with E-state index in [1.165, 1.54) is 16.8 Å². The van der Waals surface area contributed by atoms with Crippen molar-refractivity contribution in [3.05, 3.63) is 30.0 Å². The van der Waals surface area contributed by atoms with Gasteiger partial charge >= 0.3 is 0 Å². The Kier molecular flexibility index (Phi) is 2.11. The van der Waals surface area contributed by atoms with E-state index in [0.29, 0.717) is 0 Å². The molecule has 0 atom stereocenters. The molecule has 1 aromatic carbocycles. The Morgan fingerprint density at radius 3 is 2.76 bits per heavy atom. The van der Waals surface area contributed by atoms with Gasteiger partial charge in [-0.05, 0) is 23.6 Å². The van der Waals surface area contributed by atoms with Crippen LogP contribution < -0.4 is 10.6 Å². The smallest absolute Gasteiger partial charge is 0.129 e. The van der Waals surface area contributed by atoms with Crippen LogP contribution in [0.3, 0.4) is 0 Å². The summed E-state index contributed by atoms with van der Waals surface area (Å²) in [5.74, 6) is 0.730. The fourth-order valence-electron chi connectivity index (χ4n) is 2.50. The third-order valence-electron chi connectivity index (χ3n) is 3.53. The number of benzene rings is 1. The van der Waals surface area contributed by atoms with Gasteiger partial charge in [0.05, 0.1) is 6.20 Å². The van der Waals surface area contributed by atoms with E-state index in [4.69, 9.17) is 5.73 Å². The lowest BCUT2D eigenvalue weighted by Gasteiger charge is -2.12. The van der Waals surface area contributed by atoms with Crippen LogP contribution in [0.25, 0.3) is 11.1 Å². The fourth-order valence-corrected chi connectivity index (χ4v) is 2.50. The second-order valence-corrected chi connectivity index (χ2v) is 4.54. The normalized spacial score (nSPS) is 14.1. The summed E-state index contributed by atoms with van der Waals surface area (Å²) in [5, 5.41) is 4.22. The minimum Gasteiger partial charge on any atom is -0.383 e. The highest BCUT2D eigenvalue weighted by Gasteiger charge is 2.21. The largest absolute Gasteiger partial charge is 0.383 e. The molecule has 2 aromatic rings. The van der Waals surface area contributed by atoms with Crippen LogP contribution in [0.5, 0.6) is 0 Å². The minimum atomic E-state index is 0.730. The summed E-state index contributed by atoms with van der Waals surface area (Å²) < 4.78 is 1.72. The average molecular weight is 228 g/mol. The first kappa shape index (κ1) is 10.2. The Morgan fingerprint density at radius 1 is 1.24 bits per heavy atom. The van der Waals surface area contributed by atoms with Crippen molar-refractivity contribution in [2.24, 2.45) is 7.05 Å². The molecule has 1 aromatic heterocycles. The number of nitrogens with zero attached hydrogens (tertiary/aromatic N) is 3. The molecule has 17 heavy (non-hydrogen) atoms. The summed E-state index contributed by atoms with van der Waals surface area (Å²) in [6.07, 6.45) is 2.93. The summed E-state index contributed by atoms with van der Waals surface area (Å²) >= 11 is 0. The molecule has 0 fully saturated rings. The van der Waals surface area contributed by atoms with E-state index in [-0.39, 0.29) is 0 Å². The number of likely N-dealkylation sites (N-methyl/N-ethyl adjacent to an activating group) is 1. The van der Waals surface area contributed by atoms with Crippen LogP contribution in [0.15, 0.2) is 24.4 Å². The molecule has 0 spiro atoms. The minimum absolute atomic E-state index is 0.730. The van der Waals surface area contributed by atoms with Gasteiger partial charge in [0.15, 0.2) is 0 Å². The van der Waals surface area contributed by atoms with E-state index in [1.54, 1.807) is 4.68 Å². The zero-order valence-electron chi connectivity index (χ0n) is 10.1. The van der Waals surface area contributed by atoms with Crippen molar-refractivity contribution in [3.63, 3.8) is 0 Å². The van der Waals surface area contributed by atoms with Gasteiger partial charge in [0.1, 0.15) is 5.82 Å². The SMILES string of the molecule is CN1CCc2c(-c3cnn(C)c3N)cccc21. The van der Waals surface area contributed by atoms with Crippen molar-refractivity contribution >= 4 is 11.5 Å². The molecule has 4 heteroatoms. The third kappa shape index (κ3) is 1.40. The number of hydrogen-bond donors (Lipinski definition) is 1. The van der Waals surface area contributed by atoms with Gasteiger partial charge in [-0.2, -0.15) is 5.10 Å². The highest BCUT2D eigenvalue weighted by molar-refractivity contribution is 5.81. The van der Waals surface area contributed by atoms with Crippen molar-refractivity contribution in [2.45, 2.75) is 6.42 Å². The quantitative estimate of drug-likeness (QED) is 0.807. The van der Waals surface area contributed by atoms with E-state index < -0.39 is 0 Å². The topological polar surface area (TPSA) is 47.1 Å². The second kappa shape index (κ2) is 3.52. The zero-order valence-corrected chi connectivity index (χ0v) is 10.1. The molecule has 0 saturated heterocycles. The van der Waals surface area contributed by atoms with Gasteiger partial charge in [0, 0.05) is 31.9 Å². The van der Waals surface area contributed by atoms with Crippen LogP contribution in [0.2, 0.25) is 0 Å². The standard InChI is InChI=1S/C13H16N4/c1-16-7-6-10-9(4-3-5-12(10)16)11-8-15-17(2)13(11)14/h3-5,8H,6-7,14H2,1-2H3. The number of anilines is 2. The number of nitrogens with two attached hydrogens (primary N) is 1. The van der Waals surface area contributed by atoms with Crippen molar-refractivity contribution in [3.8, 4) is 11.1 Å². The molecule has 4 nitrogen and oxygen atoms in total. The van der Waals surface area contributed by atoms with E-state index >= 15 is 0 Å². The highest BCUT2D eigenvalue weighted by Crippen LogP contribution is 2.37. The van der Waals surface area contributed by atoms with Gasteiger partial charge < -0.3 is 10.6 Å². The Labute approximate surface area is 101 Å². The Morgan fingerprint density at radius 2 is 2.06 bits per heavy atom. The first-order chi connectivity index (χ1) is 8.18. The molecule has 3 rings (SSSR count). The molecule has 0 aliphatic carbocycles. The van der Waals surface area contributed by atoms with Gasteiger partial charge in [-0.15, -0.1) is 0 Å². The maximum atomic E-state index is 6.05. The van der Waals surface area contributed by atoms with Crippen LogP contribution in [0.4, 0.5) is 11.5 Å². The average Bonchev–Trinajstić information content (AvgIpc) is 2.86. The van der Waals surface area contributed by atoms with E-state index in [1.807, 2.05) is 13.2 Å². The molecule has 2 heterocycles. The number of fused-ring (bicyclic) bond motifs is 1. The fraction of sp³-hybridized carbons (Fsp3) is 0.308. The zero-order chi connectivity index (χ0) is 12.0. The Bertz CT molecular complexity index is 571. The summed E-state index contributed by atoms with van der Waals surface area (Å²) in [4.78, 5) is 2.28. The lowest BCUT2D eigenvalue weighted by atomic mass is 10.00. The van der Waals surface area contributed by atoms with Crippen molar-refractivity contribution in [2.75, 3.05) is 24.2 Å². The van der Waals surface area contributed by atoms with E-state index in [9.17, 15) is 0 Å². The predicted octanol–water partition coefficient (Wildman–Crippen LogP) is 1.66. The first-order valence-corrected chi connectivity index (χ1v) is 5.79. The monoisotopic (exact) mass is 228 g/mol. The molecule has 2 N–H and O–H groups in total. The van der Waals surface area contributed by atoms with Crippen LogP contribution >= 0.6 is 0 Å². The molecule has 0 bridgehead atoms. The van der Waals surface area contributed by atoms with Gasteiger partial charge in [-0.25, -0.2) is 0 Å². The van der Waals surface area contributed by atoms with Crippen molar-refractivity contribution in [1.29, 1.82) is 0 Å². The lowest BCUT2D eigenvalue weighted by Crippen LogP contribution is -2.12. The third-order valence-corrected chi connectivity index (χ3v) is 3.53. The van der Waals surface area contributed by atoms with Crippen LogP contribution in [0.1, 0.15) is 5.56 Å².